The van der Waals surface area contributed by atoms with E-state index in [-0.39, 0.29) is 0 Å². The highest BCUT2D eigenvalue weighted by molar-refractivity contribution is 5.80. The van der Waals surface area contributed by atoms with Gasteiger partial charge in [0, 0.05) is 36.6 Å². The molecule has 3 aromatic heterocycles. The summed E-state index contributed by atoms with van der Waals surface area (Å²) in [5, 5.41) is 9.37. The number of carbonyl (C=O) groups is 1. The lowest BCUT2D eigenvalue weighted by molar-refractivity contribution is -0.149. The van der Waals surface area contributed by atoms with Crippen LogP contribution in [-0.4, -0.2) is 44.1 Å². The van der Waals surface area contributed by atoms with Crippen molar-refractivity contribution in [3.8, 4) is 33.9 Å². The molecule has 1 aliphatic rings. The average molecular weight is 403 g/mol. The minimum atomic E-state index is -0.829. The molecule has 0 bridgehead atoms. The molecule has 1 aromatic carbocycles. The molecule has 9 heteroatoms. The average Bonchev–Trinajstić information content (AvgIpc) is 3.42. The summed E-state index contributed by atoms with van der Waals surface area (Å²) in [6.07, 6.45) is 7.79. The fraction of sp³-hybridized carbons (Fsp3) is 0.190. The normalized spacial score (nSPS) is 15.0. The largest absolute Gasteiger partial charge is 0.481 e. The molecule has 150 valence electrons. The molecule has 0 unspecified atom stereocenters. The molecule has 0 aliphatic carbocycles. The molecule has 9 nitrogen and oxygen atoms in total. The topological polar surface area (TPSA) is 118 Å². The molecule has 0 spiro atoms. The van der Waals surface area contributed by atoms with Crippen molar-refractivity contribution >= 4 is 12.0 Å². The second-order valence-corrected chi connectivity index (χ2v) is 7.47. The Kier molecular flexibility index (Phi) is 4.09. The number of oxazole rings is 2. The number of nitrogens with zero attached hydrogens (tertiary/aromatic N) is 5. The van der Waals surface area contributed by atoms with Crippen molar-refractivity contribution < 1.29 is 18.7 Å². The van der Waals surface area contributed by atoms with E-state index >= 15 is 0 Å². The number of hydrogen-bond acceptors (Lipinski definition) is 8. The van der Waals surface area contributed by atoms with Gasteiger partial charge in [-0.25, -0.2) is 15.0 Å². The Hall–Kier alpha value is -4.01. The first-order valence-corrected chi connectivity index (χ1v) is 9.27. The van der Waals surface area contributed by atoms with Crippen LogP contribution >= 0.6 is 0 Å². The van der Waals surface area contributed by atoms with Crippen molar-refractivity contribution in [2.45, 2.75) is 6.92 Å². The van der Waals surface area contributed by atoms with Crippen molar-refractivity contribution in [1.82, 2.24) is 19.9 Å². The smallest absolute Gasteiger partial charge is 0.312 e. The van der Waals surface area contributed by atoms with E-state index in [1.807, 2.05) is 29.2 Å². The molecule has 4 heterocycles. The minimum absolute atomic E-state index is 0.331. The lowest BCUT2D eigenvalue weighted by Crippen LogP contribution is -2.59. The van der Waals surface area contributed by atoms with Crippen LogP contribution in [0, 0.1) is 5.41 Å². The quantitative estimate of drug-likeness (QED) is 0.535. The molecule has 0 radical (unpaired) electrons. The van der Waals surface area contributed by atoms with Crippen molar-refractivity contribution in [3.05, 3.63) is 55.6 Å². The van der Waals surface area contributed by atoms with E-state index in [0.29, 0.717) is 41.9 Å². The highest BCUT2D eigenvalue weighted by Gasteiger charge is 2.47. The molecule has 0 saturated carbocycles. The highest BCUT2D eigenvalue weighted by Crippen LogP contribution is 2.40. The van der Waals surface area contributed by atoms with Crippen molar-refractivity contribution in [2.24, 2.45) is 5.41 Å². The van der Waals surface area contributed by atoms with E-state index in [4.69, 9.17) is 8.83 Å². The summed E-state index contributed by atoms with van der Waals surface area (Å²) in [6.45, 7) is 2.37. The van der Waals surface area contributed by atoms with Gasteiger partial charge in [0.05, 0.1) is 11.8 Å². The van der Waals surface area contributed by atoms with Gasteiger partial charge in [-0.05, 0) is 6.92 Å². The van der Waals surface area contributed by atoms with Crippen LogP contribution in [-0.2, 0) is 4.79 Å². The third-order valence-corrected chi connectivity index (χ3v) is 5.18. The molecule has 5 rings (SSSR count). The number of carboxylic acid groups (broad SMARTS) is 1. The lowest BCUT2D eigenvalue weighted by atomic mass is 9.82. The summed E-state index contributed by atoms with van der Waals surface area (Å²) in [6, 6.07) is 8.05. The fourth-order valence-corrected chi connectivity index (χ4v) is 3.47. The number of rotatable bonds is 5. The fourth-order valence-electron chi connectivity index (χ4n) is 3.47. The Morgan fingerprint density at radius 2 is 1.73 bits per heavy atom. The van der Waals surface area contributed by atoms with Crippen LogP contribution in [0.1, 0.15) is 6.92 Å². The van der Waals surface area contributed by atoms with Crippen LogP contribution in [0.25, 0.3) is 33.9 Å². The Morgan fingerprint density at radius 3 is 2.37 bits per heavy atom. The summed E-state index contributed by atoms with van der Waals surface area (Å²) in [5.74, 6) is 0.375. The zero-order chi connectivity index (χ0) is 20.7. The van der Waals surface area contributed by atoms with Crippen molar-refractivity contribution in [1.29, 1.82) is 0 Å². The van der Waals surface area contributed by atoms with Gasteiger partial charge in [0.1, 0.15) is 17.4 Å². The maximum Gasteiger partial charge on any atom is 0.312 e. The molecule has 1 aliphatic heterocycles. The second kappa shape index (κ2) is 6.80. The zero-order valence-electron chi connectivity index (χ0n) is 16.0. The molecular formula is C21H17N5O4. The van der Waals surface area contributed by atoms with Crippen LogP contribution in [0.3, 0.4) is 0 Å². The first-order chi connectivity index (χ1) is 14.5. The lowest BCUT2D eigenvalue weighted by Gasteiger charge is -2.43. The third-order valence-electron chi connectivity index (χ3n) is 5.18. The number of anilines is 1. The Balaban J connectivity index is 1.52. The van der Waals surface area contributed by atoms with Gasteiger partial charge in [0.2, 0.25) is 0 Å². The summed E-state index contributed by atoms with van der Waals surface area (Å²) < 4.78 is 11.4. The van der Waals surface area contributed by atoms with E-state index in [1.165, 1.54) is 12.7 Å². The van der Waals surface area contributed by atoms with E-state index in [9.17, 15) is 9.90 Å². The molecular weight excluding hydrogens is 386 g/mol. The van der Waals surface area contributed by atoms with Gasteiger partial charge in [-0.1, -0.05) is 24.3 Å². The van der Waals surface area contributed by atoms with E-state index in [1.54, 1.807) is 25.5 Å². The van der Waals surface area contributed by atoms with Crippen molar-refractivity contribution in [3.63, 3.8) is 0 Å². The van der Waals surface area contributed by atoms with Gasteiger partial charge in [0.25, 0.3) is 6.01 Å². The standard InChI is InChI=1S/C21H17N5O4/c1-21(19(27)28)9-26(10-21)20-25-17(18(30-20)15-6-22-11-23-7-15)14-4-2-13(3-5-14)16-8-24-12-29-16/h2-8,11-12H,9-10H2,1H3,(H,27,28). The van der Waals surface area contributed by atoms with Gasteiger partial charge < -0.3 is 18.8 Å². The number of carboxylic acids is 1. The SMILES string of the molecule is CC1(C(=O)O)CN(c2nc(-c3ccc(-c4cnco4)cc3)c(-c3cncnc3)o2)C1. The van der Waals surface area contributed by atoms with E-state index in [2.05, 4.69) is 19.9 Å². The van der Waals surface area contributed by atoms with Gasteiger partial charge in [0.15, 0.2) is 17.9 Å². The predicted molar refractivity (Wildman–Crippen MR) is 106 cm³/mol. The number of hydrogen-bond donors (Lipinski definition) is 1. The zero-order valence-corrected chi connectivity index (χ0v) is 16.0. The highest BCUT2D eigenvalue weighted by atomic mass is 16.4. The molecule has 4 aromatic rings. The molecule has 1 N–H and O–H groups in total. The molecule has 0 atom stereocenters. The maximum atomic E-state index is 11.4. The van der Waals surface area contributed by atoms with Gasteiger partial charge in [-0.2, -0.15) is 4.98 Å². The number of benzene rings is 1. The van der Waals surface area contributed by atoms with E-state index < -0.39 is 11.4 Å². The summed E-state index contributed by atoms with van der Waals surface area (Å²) in [7, 11) is 0. The van der Waals surface area contributed by atoms with Crippen LogP contribution in [0.5, 0.6) is 0 Å². The monoisotopic (exact) mass is 403 g/mol. The third kappa shape index (κ3) is 3.00. The number of aliphatic carboxylic acids is 1. The van der Waals surface area contributed by atoms with Crippen LogP contribution < -0.4 is 4.90 Å². The Morgan fingerprint density at radius 1 is 1.03 bits per heavy atom. The summed E-state index contributed by atoms with van der Waals surface area (Å²) in [4.78, 5) is 30.0. The minimum Gasteiger partial charge on any atom is -0.481 e. The molecule has 1 fully saturated rings. The predicted octanol–water partition coefficient (Wildman–Crippen LogP) is 3.36. The molecule has 30 heavy (non-hydrogen) atoms. The van der Waals surface area contributed by atoms with Gasteiger partial charge in [-0.15, -0.1) is 0 Å². The van der Waals surface area contributed by atoms with Gasteiger partial charge >= 0.3 is 5.97 Å². The second-order valence-electron chi connectivity index (χ2n) is 7.47. The summed E-state index contributed by atoms with van der Waals surface area (Å²) in [5.41, 5.74) is 2.25. The van der Waals surface area contributed by atoms with Crippen LogP contribution in [0.4, 0.5) is 6.01 Å². The Labute approximate surface area is 171 Å². The first kappa shape index (κ1) is 18.0. The van der Waals surface area contributed by atoms with Crippen molar-refractivity contribution in [2.75, 3.05) is 18.0 Å². The molecule has 1 saturated heterocycles. The van der Waals surface area contributed by atoms with Crippen LogP contribution in [0.15, 0.2) is 64.4 Å². The number of aromatic nitrogens is 4. The summed E-state index contributed by atoms with van der Waals surface area (Å²) >= 11 is 0. The Bertz CT molecular complexity index is 1180. The van der Waals surface area contributed by atoms with E-state index in [0.717, 1.165) is 11.1 Å². The molecule has 0 amide bonds. The maximum absolute atomic E-state index is 11.4. The van der Waals surface area contributed by atoms with Crippen LogP contribution in [0.2, 0.25) is 0 Å². The van der Waals surface area contributed by atoms with Gasteiger partial charge in [-0.3, -0.25) is 4.79 Å². The first-order valence-electron chi connectivity index (χ1n) is 9.27.